The molecular weight excluding hydrogens is 356 g/mol. The largest absolute Gasteiger partial charge is 0.379 e. The average molecular weight is 380 g/mol. The minimum Gasteiger partial charge on any atom is -0.379 e. The minimum absolute atomic E-state index is 0.00366. The Bertz CT molecular complexity index is 989. The van der Waals surface area contributed by atoms with E-state index in [1.807, 2.05) is 66.0 Å². The van der Waals surface area contributed by atoms with Crippen molar-refractivity contribution in [2.75, 3.05) is 25.5 Å². The number of amides is 1. The highest BCUT2D eigenvalue weighted by molar-refractivity contribution is 5.94. The lowest BCUT2D eigenvalue weighted by molar-refractivity contribution is 0.0706. The quantitative estimate of drug-likeness (QED) is 0.741. The molecule has 0 radical (unpaired) electrons. The summed E-state index contributed by atoms with van der Waals surface area (Å²) in [4.78, 5) is 20.9. The topological polar surface area (TPSA) is 79.4 Å². The Balaban J connectivity index is 1.51. The fourth-order valence-electron chi connectivity index (χ4n) is 3.45. The second kappa shape index (κ2) is 7.12. The molecular formula is C20H24N6O2. The SMILES string of the molecule is CN(C)c1ccc(C(=O)N2CCn3nc([C@@H](O)c4nccn4C)cc3C2)cc1. The molecule has 28 heavy (non-hydrogen) atoms. The van der Waals surface area contributed by atoms with Gasteiger partial charge in [0.05, 0.1) is 24.5 Å². The van der Waals surface area contributed by atoms with Gasteiger partial charge in [-0.25, -0.2) is 4.98 Å². The van der Waals surface area contributed by atoms with Gasteiger partial charge >= 0.3 is 0 Å². The number of nitrogens with zero attached hydrogens (tertiary/aromatic N) is 6. The van der Waals surface area contributed by atoms with Crippen LogP contribution in [0.25, 0.3) is 0 Å². The molecule has 4 rings (SSSR count). The van der Waals surface area contributed by atoms with E-state index in [2.05, 4.69) is 10.1 Å². The van der Waals surface area contributed by atoms with Crippen LogP contribution in [0.2, 0.25) is 0 Å². The van der Waals surface area contributed by atoms with E-state index in [1.54, 1.807) is 17.0 Å². The van der Waals surface area contributed by atoms with Crippen molar-refractivity contribution in [1.82, 2.24) is 24.2 Å². The van der Waals surface area contributed by atoms with Crippen LogP contribution in [-0.2, 0) is 20.1 Å². The number of hydrogen-bond acceptors (Lipinski definition) is 5. The maximum atomic E-state index is 12.9. The number of aliphatic hydroxyl groups excluding tert-OH is 1. The van der Waals surface area contributed by atoms with Crippen molar-refractivity contribution in [1.29, 1.82) is 0 Å². The molecule has 0 saturated heterocycles. The molecule has 0 bridgehead atoms. The summed E-state index contributed by atoms with van der Waals surface area (Å²) in [5.41, 5.74) is 3.19. The van der Waals surface area contributed by atoms with E-state index in [1.165, 1.54) is 0 Å². The van der Waals surface area contributed by atoms with E-state index in [0.29, 0.717) is 36.7 Å². The van der Waals surface area contributed by atoms with Gasteiger partial charge in [-0.1, -0.05) is 0 Å². The lowest BCUT2D eigenvalue weighted by Crippen LogP contribution is -2.38. The van der Waals surface area contributed by atoms with Gasteiger partial charge in [0.25, 0.3) is 5.91 Å². The van der Waals surface area contributed by atoms with Gasteiger partial charge in [-0.15, -0.1) is 0 Å². The van der Waals surface area contributed by atoms with Crippen molar-refractivity contribution in [3.05, 3.63) is 65.5 Å². The molecule has 1 aliphatic rings. The summed E-state index contributed by atoms with van der Waals surface area (Å²) >= 11 is 0. The van der Waals surface area contributed by atoms with Gasteiger partial charge in [-0.3, -0.25) is 9.48 Å². The number of carbonyl (C=O) groups is 1. The Morgan fingerprint density at radius 1 is 1.21 bits per heavy atom. The van der Waals surface area contributed by atoms with E-state index in [4.69, 9.17) is 0 Å². The summed E-state index contributed by atoms with van der Waals surface area (Å²) in [5, 5.41) is 15.1. The number of rotatable bonds is 4. The van der Waals surface area contributed by atoms with Crippen LogP contribution < -0.4 is 4.90 Å². The minimum atomic E-state index is -0.888. The molecule has 146 valence electrons. The van der Waals surface area contributed by atoms with Crippen LogP contribution in [0.15, 0.2) is 42.7 Å². The lowest BCUT2D eigenvalue weighted by Gasteiger charge is -2.28. The number of benzene rings is 1. The van der Waals surface area contributed by atoms with Crippen LogP contribution in [0.3, 0.4) is 0 Å². The molecule has 3 aromatic rings. The summed E-state index contributed by atoms with van der Waals surface area (Å²) in [7, 11) is 5.78. The summed E-state index contributed by atoms with van der Waals surface area (Å²) in [6.07, 6.45) is 2.55. The second-order valence-electron chi connectivity index (χ2n) is 7.25. The smallest absolute Gasteiger partial charge is 0.254 e. The van der Waals surface area contributed by atoms with Gasteiger partial charge in [0.15, 0.2) is 6.10 Å². The van der Waals surface area contributed by atoms with Gasteiger partial charge in [-0.2, -0.15) is 5.10 Å². The zero-order valence-electron chi connectivity index (χ0n) is 16.3. The first kappa shape index (κ1) is 18.2. The number of aryl methyl sites for hydroxylation is 1. The highest BCUT2D eigenvalue weighted by atomic mass is 16.3. The predicted molar refractivity (Wildman–Crippen MR) is 105 cm³/mol. The highest BCUT2D eigenvalue weighted by Gasteiger charge is 2.26. The van der Waals surface area contributed by atoms with E-state index >= 15 is 0 Å². The number of hydrogen-bond donors (Lipinski definition) is 1. The van der Waals surface area contributed by atoms with E-state index in [-0.39, 0.29) is 5.91 Å². The molecule has 8 heteroatoms. The lowest BCUT2D eigenvalue weighted by atomic mass is 10.1. The number of fused-ring (bicyclic) bond motifs is 1. The van der Waals surface area contributed by atoms with Crippen molar-refractivity contribution in [2.45, 2.75) is 19.2 Å². The van der Waals surface area contributed by atoms with Gasteiger partial charge in [0.2, 0.25) is 0 Å². The van der Waals surface area contributed by atoms with Crippen LogP contribution in [0.4, 0.5) is 5.69 Å². The van der Waals surface area contributed by atoms with Crippen molar-refractivity contribution in [2.24, 2.45) is 7.05 Å². The first-order valence-corrected chi connectivity index (χ1v) is 9.22. The first-order chi connectivity index (χ1) is 13.4. The molecule has 0 spiro atoms. The number of imidazole rings is 1. The molecule has 1 aliphatic heterocycles. The highest BCUT2D eigenvalue weighted by Crippen LogP contribution is 2.23. The number of aliphatic hydroxyl groups is 1. The molecule has 0 unspecified atom stereocenters. The van der Waals surface area contributed by atoms with Gasteiger partial charge in [0.1, 0.15) is 5.82 Å². The fourth-order valence-corrected chi connectivity index (χ4v) is 3.45. The van der Waals surface area contributed by atoms with Crippen LogP contribution in [0.1, 0.15) is 33.7 Å². The second-order valence-corrected chi connectivity index (χ2v) is 7.25. The average Bonchev–Trinajstić information content (AvgIpc) is 3.32. The van der Waals surface area contributed by atoms with E-state index < -0.39 is 6.10 Å². The van der Waals surface area contributed by atoms with Crippen LogP contribution >= 0.6 is 0 Å². The standard InChI is InChI=1S/C20H24N6O2/c1-23(2)15-6-4-14(5-7-15)20(28)25-10-11-26-16(13-25)12-17(22-26)18(27)19-21-8-9-24(19)3/h4-9,12,18,27H,10-11,13H2,1-3H3/t18-/m1/s1. The van der Waals surface area contributed by atoms with Crippen LogP contribution in [0.5, 0.6) is 0 Å². The van der Waals surface area contributed by atoms with Crippen molar-refractivity contribution in [3.8, 4) is 0 Å². The third-order valence-corrected chi connectivity index (χ3v) is 5.12. The molecule has 0 fully saturated rings. The zero-order chi connectivity index (χ0) is 19.8. The summed E-state index contributed by atoms with van der Waals surface area (Å²) in [6, 6.07) is 9.47. The van der Waals surface area contributed by atoms with Crippen LogP contribution in [-0.4, -0.2) is 55.9 Å². The van der Waals surface area contributed by atoms with E-state index in [9.17, 15) is 9.90 Å². The Hall–Kier alpha value is -3.13. The third kappa shape index (κ3) is 3.27. The maximum absolute atomic E-state index is 12.9. The molecule has 0 aliphatic carbocycles. The normalized spacial score (nSPS) is 14.6. The fraction of sp³-hybridized carbons (Fsp3) is 0.350. The van der Waals surface area contributed by atoms with Gasteiger partial charge in [0, 0.05) is 51.3 Å². The zero-order valence-corrected chi connectivity index (χ0v) is 16.3. The number of aromatic nitrogens is 4. The molecule has 1 atom stereocenters. The Kier molecular flexibility index (Phi) is 4.64. The van der Waals surface area contributed by atoms with Crippen molar-refractivity contribution >= 4 is 11.6 Å². The summed E-state index contributed by atoms with van der Waals surface area (Å²) < 4.78 is 3.64. The van der Waals surface area contributed by atoms with Crippen molar-refractivity contribution < 1.29 is 9.90 Å². The molecule has 0 saturated carbocycles. The van der Waals surface area contributed by atoms with Gasteiger partial charge < -0.3 is 19.5 Å². The first-order valence-electron chi connectivity index (χ1n) is 9.22. The number of anilines is 1. The molecule has 1 N–H and O–H groups in total. The third-order valence-electron chi connectivity index (χ3n) is 5.12. The van der Waals surface area contributed by atoms with Crippen molar-refractivity contribution in [3.63, 3.8) is 0 Å². The predicted octanol–water partition coefficient (Wildman–Crippen LogP) is 1.42. The number of carbonyl (C=O) groups excluding carboxylic acids is 1. The molecule has 2 aromatic heterocycles. The molecule has 8 nitrogen and oxygen atoms in total. The Morgan fingerprint density at radius 3 is 2.61 bits per heavy atom. The monoisotopic (exact) mass is 380 g/mol. The van der Waals surface area contributed by atoms with Gasteiger partial charge in [-0.05, 0) is 30.3 Å². The Labute approximate surface area is 163 Å². The molecule has 3 heterocycles. The summed E-state index contributed by atoms with van der Waals surface area (Å²) in [5.74, 6) is 0.549. The van der Waals surface area contributed by atoms with E-state index in [0.717, 1.165) is 11.4 Å². The Morgan fingerprint density at radius 2 is 1.96 bits per heavy atom. The summed E-state index contributed by atoms with van der Waals surface area (Å²) in [6.45, 7) is 1.65. The molecule has 1 aromatic carbocycles. The molecule has 1 amide bonds. The maximum Gasteiger partial charge on any atom is 0.254 e. The van der Waals surface area contributed by atoms with Crippen LogP contribution in [0, 0.1) is 0 Å².